The summed E-state index contributed by atoms with van der Waals surface area (Å²) in [5.74, 6) is 0. The molecule has 0 fully saturated rings. The molecule has 0 rings (SSSR count). The van der Waals surface area contributed by atoms with Crippen LogP contribution in [-0.4, -0.2) is 53.3 Å². The van der Waals surface area contributed by atoms with E-state index in [2.05, 4.69) is 0 Å². The van der Waals surface area contributed by atoms with E-state index < -0.39 is 23.8 Å². The average Bonchev–Trinajstić information content (AvgIpc) is 2.00. The van der Waals surface area contributed by atoms with Gasteiger partial charge in [0, 0.05) is 42.8 Å². The van der Waals surface area contributed by atoms with Crippen LogP contribution in [0.25, 0.3) is 0 Å². The Morgan fingerprint density at radius 3 is 1.38 bits per heavy atom. The molecule has 0 saturated carbocycles. The topological polar surface area (TPSA) is 74.6 Å². The van der Waals surface area contributed by atoms with Crippen LogP contribution < -0.4 is 0 Å². The van der Waals surface area contributed by atoms with Crippen molar-refractivity contribution in [2.75, 3.05) is 12.3 Å². The van der Waals surface area contributed by atoms with Crippen molar-refractivity contribution in [3.8, 4) is 0 Å². The van der Waals surface area contributed by atoms with Crippen LogP contribution >= 0.6 is 8.15 Å². The fourth-order valence-electron chi connectivity index (χ4n) is 0.224. The molecule has 0 aromatic heterocycles. The van der Waals surface area contributed by atoms with Gasteiger partial charge in [0.25, 0.3) is 0 Å². The van der Waals surface area contributed by atoms with E-state index in [9.17, 15) is 13.2 Å². The first-order chi connectivity index (χ1) is 6.06. The molecule has 0 aliphatic carbocycles. The van der Waals surface area contributed by atoms with Gasteiger partial charge in [-0.3, -0.25) is 4.55 Å². The Morgan fingerprint density at radius 1 is 1.19 bits per heavy atom. The van der Waals surface area contributed by atoms with Crippen molar-refractivity contribution < 1.29 is 48.1 Å². The van der Waals surface area contributed by atoms with Gasteiger partial charge in [0.2, 0.25) is 0 Å². The van der Waals surface area contributed by atoms with E-state index in [4.69, 9.17) is 17.9 Å². The standard InChI is InChI=1S/C4H11OP.CHF3O3S.Cu.Ge/c1-3-6(5)4-2;2-1(3,4)8(5,6)7;;/h5H,3-4H2,1-2H3;(H,5,6,7);;. The van der Waals surface area contributed by atoms with Crippen molar-refractivity contribution in [3.63, 3.8) is 0 Å². The van der Waals surface area contributed by atoms with E-state index in [1.165, 1.54) is 0 Å². The molecule has 16 heavy (non-hydrogen) atoms. The van der Waals surface area contributed by atoms with Gasteiger partial charge in [0.05, 0.1) is 0 Å². The Labute approximate surface area is 115 Å². The predicted octanol–water partition coefficient (Wildman–Crippen LogP) is 1.43. The molecule has 0 aromatic rings. The number of hydrogen-bond donors (Lipinski definition) is 2. The molecule has 103 valence electrons. The number of alkyl halides is 3. The number of rotatable bonds is 2. The SMILES string of the molecule is CCP(O)CC.O=S(=O)(O)C(F)(F)F.[Cu].[Ge]. The molecule has 11 heteroatoms. The molecular formula is C5H12CuF3GeO4PS. The maximum Gasteiger partial charge on any atom is 0.522 e. The maximum absolute atomic E-state index is 10.7. The first-order valence-electron chi connectivity index (χ1n) is 3.53. The van der Waals surface area contributed by atoms with E-state index in [-0.39, 0.29) is 34.7 Å². The van der Waals surface area contributed by atoms with Gasteiger partial charge in [0.1, 0.15) is 0 Å². The molecule has 0 aromatic carbocycles. The fraction of sp³-hybridized carbons (Fsp3) is 1.00. The molecule has 0 aliphatic heterocycles. The van der Waals surface area contributed by atoms with Crippen LogP contribution in [0.1, 0.15) is 13.8 Å². The Balaban J connectivity index is -0.0000000825. The second kappa shape index (κ2) is 11.3. The van der Waals surface area contributed by atoms with Crippen molar-refractivity contribution in [3.05, 3.63) is 0 Å². The van der Waals surface area contributed by atoms with Gasteiger partial charge in [-0.1, -0.05) is 13.8 Å². The smallest absolute Gasteiger partial charge is 0.374 e. The van der Waals surface area contributed by atoms with Gasteiger partial charge in [-0.2, -0.15) is 21.6 Å². The summed E-state index contributed by atoms with van der Waals surface area (Å²) in [6.45, 7) is 4.02. The third kappa shape index (κ3) is 15.2. The molecule has 0 spiro atoms. The normalized spacial score (nSPS) is 10.8. The van der Waals surface area contributed by atoms with Crippen LogP contribution in [-0.2, 0) is 27.2 Å². The Kier molecular flexibility index (Phi) is 18.2. The molecule has 2 N–H and O–H groups in total. The van der Waals surface area contributed by atoms with Gasteiger partial charge in [-0.15, -0.1) is 0 Å². The molecule has 0 heterocycles. The minimum Gasteiger partial charge on any atom is -0.374 e. The second-order valence-corrected chi connectivity index (χ2v) is 5.75. The second-order valence-electron chi connectivity index (χ2n) is 2.06. The van der Waals surface area contributed by atoms with Crippen molar-refractivity contribution >= 4 is 35.9 Å². The molecule has 0 saturated heterocycles. The van der Waals surface area contributed by atoms with E-state index in [0.717, 1.165) is 12.3 Å². The summed E-state index contributed by atoms with van der Waals surface area (Å²) in [5, 5.41) is 0. The van der Waals surface area contributed by atoms with E-state index in [1.807, 2.05) is 13.8 Å². The van der Waals surface area contributed by atoms with Gasteiger partial charge >= 0.3 is 15.6 Å². The Morgan fingerprint density at radius 2 is 1.38 bits per heavy atom. The predicted molar refractivity (Wildman–Crippen MR) is 53.6 cm³/mol. The summed E-state index contributed by atoms with van der Waals surface area (Å²) < 4.78 is 57.5. The first-order valence-corrected chi connectivity index (χ1v) is 6.64. The zero-order chi connectivity index (χ0) is 12.0. The summed E-state index contributed by atoms with van der Waals surface area (Å²) in [6.07, 6.45) is 1.90. The van der Waals surface area contributed by atoms with Gasteiger partial charge in [0.15, 0.2) is 0 Å². The quantitative estimate of drug-likeness (QED) is 0.323. The molecule has 0 aliphatic rings. The minimum absolute atomic E-state index is 0. The summed E-state index contributed by atoms with van der Waals surface area (Å²) >= 11 is 0. The minimum atomic E-state index is -5.84. The van der Waals surface area contributed by atoms with Crippen LogP contribution in [0.4, 0.5) is 13.2 Å². The molecular weight excluding hydrogens is 380 g/mol. The van der Waals surface area contributed by atoms with Gasteiger partial charge in [-0.05, 0) is 12.3 Å². The fourth-order valence-corrected chi connectivity index (χ4v) is 0.671. The molecule has 0 atom stereocenters. The van der Waals surface area contributed by atoms with Crippen molar-refractivity contribution in [1.29, 1.82) is 0 Å². The summed E-state index contributed by atoms with van der Waals surface area (Å²) in [5.41, 5.74) is -5.53. The molecule has 0 bridgehead atoms. The third-order valence-corrected chi connectivity index (χ3v) is 3.07. The molecule has 5 radical (unpaired) electrons. The Bertz CT molecular complexity index is 245. The van der Waals surface area contributed by atoms with Crippen LogP contribution in [0.3, 0.4) is 0 Å². The maximum atomic E-state index is 10.7. The summed E-state index contributed by atoms with van der Waals surface area (Å²) in [6, 6.07) is 0. The zero-order valence-electron chi connectivity index (χ0n) is 8.42. The summed E-state index contributed by atoms with van der Waals surface area (Å²) in [4.78, 5) is 8.73. The molecule has 0 amide bonds. The van der Waals surface area contributed by atoms with Crippen LogP contribution in [0.2, 0.25) is 0 Å². The number of hydrogen-bond acceptors (Lipinski definition) is 3. The van der Waals surface area contributed by atoms with E-state index in [1.54, 1.807) is 0 Å². The van der Waals surface area contributed by atoms with E-state index >= 15 is 0 Å². The van der Waals surface area contributed by atoms with Crippen LogP contribution in [0.15, 0.2) is 0 Å². The molecule has 0 unspecified atom stereocenters. The van der Waals surface area contributed by atoms with Crippen molar-refractivity contribution in [2.45, 2.75) is 19.4 Å². The number of halogens is 3. The van der Waals surface area contributed by atoms with Crippen LogP contribution in [0.5, 0.6) is 0 Å². The average molecular weight is 392 g/mol. The third-order valence-electron chi connectivity index (χ3n) is 1.02. The van der Waals surface area contributed by atoms with Crippen molar-refractivity contribution in [1.82, 2.24) is 0 Å². The van der Waals surface area contributed by atoms with Crippen molar-refractivity contribution in [2.24, 2.45) is 0 Å². The summed E-state index contributed by atoms with van der Waals surface area (Å²) in [7, 11) is -6.42. The Hall–Kier alpha value is 1.15. The van der Waals surface area contributed by atoms with Gasteiger partial charge < -0.3 is 4.89 Å². The monoisotopic (exact) mass is 393 g/mol. The van der Waals surface area contributed by atoms with E-state index in [0.29, 0.717) is 0 Å². The van der Waals surface area contributed by atoms with Crippen LogP contribution in [0, 0.1) is 0 Å². The zero-order valence-corrected chi connectivity index (χ0v) is 13.2. The largest absolute Gasteiger partial charge is 0.522 e. The first kappa shape index (κ1) is 25.9. The van der Waals surface area contributed by atoms with Gasteiger partial charge in [-0.25, -0.2) is 0 Å². The molecule has 4 nitrogen and oxygen atoms in total.